The number of hydrogen-bond donors (Lipinski definition) is 2. The van der Waals surface area contributed by atoms with Crippen molar-refractivity contribution in [2.24, 2.45) is 0 Å². The number of benzene rings is 1. The third kappa shape index (κ3) is 7.70. The van der Waals surface area contributed by atoms with Crippen molar-refractivity contribution in [2.75, 3.05) is 39.3 Å². The Kier molecular flexibility index (Phi) is 8.53. The molecule has 1 fully saturated rings. The highest BCUT2D eigenvalue weighted by Gasteiger charge is 2.21. The number of aliphatic hydroxyl groups is 1. The van der Waals surface area contributed by atoms with Gasteiger partial charge in [0.25, 0.3) is 5.91 Å². The summed E-state index contributed by atoms with van der Waals surface area (Å²) in [5.41, 5.74) is 1.03. The number of piperazine rings is 1. The van der Waals surface area contributed by atoms with Gasteiger partial charge in [-0.05, 0) is 31.5 Å². The Morgan fingerprint density at radius 3 is 2.58 bits per heavy atom. The lowest BCUT2D eigenvalue weighted by atomic mass is 10.2. The van der Waals surface area contributed by atoms with Crippen LogP contribution in [-0.2, 0) is 17.8 Å². The Morgan fingerprint density at radius 1 is 1.23 bits per heavy atom. The van der Waals surface area contributed by atoms with Crippen LogP contribution in [0.4, 0.5) is 4.39 Å². The summed E-state index contributed by atoms with van der Waals surface area (Å²) in [4.78, 5) is 21.0. The average molecular weight is 435 g/mol. The molecular formula is C22H31FN4O4. The molecule has 0 saturated carbocycles. The molecule has 170 valence electrons. The number of nitrogens with zero attached hydrogens (tertiary/aromatic N) is 3. The summed E-state index contributed by atoms with van der Waals surface area (Å²) < 4.78 is 23.9. The van der Waals surface area contributed by atoms with Crippen molar-refractivity contribution in [1.29, 1.82) is 0 Å². The van der Waals surface area contributed by atoms with E-state index >= 15 is 0 Å². The van der Waals surface area contributed by atoms with Gasteiger partial charge in [-0.15, -0.1) is 0 Å². The van der Waals surface area contributed by atoms with E-state index in [9.17, 15) is 14.3 Å². The largest absolute Gasteiger partial charge is 0.447 e. The Hall–Kier alpha value is -2.33. The van der Waals surface area contributed by atoms with Crippen LogP contribution in [0.15, 0.2) is 34.9 Å². The molecule has 9 heteroatoms. The molecule has 2 heterocycles. The molecule has 0 aliphatic carbocycles. The topological polar surface area (TPSA) is 91.1 Å². The molecule has 1 atom stereocenters. The van der Waals surface area contributed by atoms with Gasteiger partial charge in [0.15, 0.2) is 5.69 Å². The number of carbonyl (C=O) groups excluding carboxylic acids is 1. The number of carbonyl (C=O) groups is 1. The minimum Gasteiger partial charge on any atom is -0.447 e. The maximum Gasteiger partial charge on any atom is 0.273 e. The first-order chi connectivity index (χ1) is 14.9. The lowest BCUT2D eigenvalue weighted by Gasteiger charge is -2.35. The average Bonchev–Trinajstić information content (AvgIpc) is 3.22. The first kappa shape index (κ1) is 23.3. The van der Waals surface area contributed by atoms with E-state index in [1.165, 1.54) is 18.4 Å². The maximum atomic E-state index is 12.9. The summed E-state index contributed by atoms with van der Waals surface area (Å²) in [5.74, 6) is -0.152. The molecule has 1 unspecified atom stereocenters. The molecule has 1 aliphatic rings. The molecule has 8 nitrogen and oxygen atoms in total. The third-order valence-corrected chi connectivity index (χ3v) is 5.07. The van der Waals surface area contributed by atoms with Crippen LogP contribution in [0.25, 0.3) is 0 Å². The Bertz CT molecular complexity index is 819. The van der Waals surface area contributed by atoms with Gasteiger partial charge < -0.3 is 19.6 Å². The quantitative estimate of drug-likeness (QED) is 0.588. The molecule has 2 aromatic rings. The van der Waals surface area contributed by atoms with Crippen LogP contribution < -0.4 is 5.32 Å². The second-order valence-electron chi connectivity index (χ2n) is 8.05. The predicted octanol–water partition coefficient (Wildman–Crippen LogP) is 1.65. The highest BCUT2D eigenvalue weighted by atomic mass is 19.1. The van der Waals surface area contributed by atoms with Crippen molar-refractivity contribution in [2.45, 2.75) is 39.1 Å². The van der Waals surface area contributed by atoms with E-state index in [0.717, 1.165) is 31.7 Å². The fourth-order valence-electron chi connectivity index (χ4n) is 3.34. The van der Waals surface area contributed by atoms with E-state index in [1.54, 1.807) is 12.1 Å². The number of rotatable bonds is 10. The number of nitrogens with one attached hydrogen (secondary N) is 1. The summed E-state index contributed by atoms with van der Waals surface area (Å²) in [6.45, 7) is 8.99. The highest BCUT2D eigenvalue weighted by molar-refractivity contribution is 5.91. The van der Waals surface area contributed by atoms with Crippen molar-refractivity contribution in [3.63, 3.8) is 0 Å². The van der Waals surface area contributed by atoms with Crippen LogP contribution in [0.5, 0.6) is 0 Å². The zero-order valence-electron chi connectivity index (χ0n) is 18.1. The normalized spacial score (nSPS) is 16.5. The molecule has 1 aromatic carbocycles. The van der Waals surface area contributed by atoms with Crippen molar-refractivity contribution in [3.8, 4) is 0 Å². The van der Waals surface area contributed by atoms with Crippen LogP contribution in [0.1, 0.15) is 35.8 Å². The van der Waals surface area contributed by atoms with E-state index in [-0.39, 0.29) is 30.1 Å². The standard InChI is InChI=1S/C22H31FN4O4/c1-16(2)30-14-19(28)12-26-7-9-27(10-8-26)13-21-25-20(15-31-21)22(29)24-11-17-3-5-18(23)6-4-17/h3-6,15-16,19,28H,7-14H2,1-2H3,(H,24,29). The molecule has 3 rings (SSSR count). The van der Waals surface area contributed by atoms with Crippen molar-refractivity contribution in [3.05, 3.63) is 53.5 Å². The van der Waals surface area contributed by atoms with E-state index in [2.05, 4.69) is 20.1 Å². The minimum absolute atomic E-state index is 0.113. The van der Waals surface area contributed by atoms with Gasteiger partial charge in [0.2, 0.25) is 5.89 Å². The molecule has 1 aromatic heterocycles. The van der Waals surface area contributed by atoms with Gasteiger partial charge in [0, 0.05) is 39.3 Å². The molecule has 0 bridgehead atoms. The van der Waals surface area contributed by atoms with Crippen molar-refractivity contribution >= 4 is 5.91 Å². The van der Waals surface area contributed by atoms with E-state index < -0.39 is 6.10 Å². The maximum absolute atomic E-state index is 12.9. The summed E-state index contributed by atoms with van der Waals surface area (Å²) in [6.07, 6.45) is 0.982. The molecule has 1 amide bonds. The van der Waals surface area contributed by atoms with Crippen LogP contribution in [0.3, 0.4) is 0 Å². The van der Waals surface area contributed by atoms with Gasteiger partial charge in [-0.2, -0.15) is 0 Å². The smallest absolute Gasteiger partial charge is 0.273 e. The molecular weight excluding hydrogens is 403 g/mol. The highest BCUT2D eigenvalue weighted by Crippen LogP contribution is 2.10. The lowest BCUT2D eigenvalue weighted by molar-refractivity contribution is -0.0151. The fraction of sp³-hybridized carbons (Fsp3) is 0.545. The predicted molar refractivity (Wildman–Crippen MR) is 113 cm³/mol. The monoisotopic (exact) mass is 434 g/mol. The van der Waals surface area contributed by atoms with Gasteiger partial charge in [0.1, 0.15) is 12.1 Å². The zero-order chi connectivity index (χ0) is 22.2. The SMILES string of the molecule is CC(C)OCC(O)CN1CCN(Cc2nc(C(=O)NCc3ccc(F)cc3)co2)CC1. The number of halogens is 1. The summed E-state index contributed by atoms with van der Waals surface area (Å²) in [5, 5.41) is 12.8. The fourth-order valence-corrected chi connectivity index (χ4v) is 3.34. The summed E-state index contributed by atoms with van der Waals surface area (Å²) in [7, 11) is 0. The van der Waals surface area contributed by atoms with Gasteiger partial charge >= 0.3 is 0 Å². The Morgan fingerprint density at radius 2 is 1.90 bits per heavy atom. The zero-order valence-corrected chi connectivity index (χ0v) is 18.1. The van der Waals surface area contributed by atoms with E-state index in [4.69, 9.17) is 9.15 Å². The number of ether oxygens (including phenoxy) is 1. The number of aliphatic hydroxyl groups excluding tert-OH is 1. The van der Waals surface area contributed by atoms with Gasteiger partial charge in [-0.25, -0.2) is 9.37 Å². The number of amides is 1. The van der Waals surface area contributed by atoms with Gasteiger partial charge in [-0.1, -0.05) is 12.1 Å². The Labute approximate surface area is 182 Å². The minimum atomic E-state index is -0.489. The number of oxazole rings is 1. The number of β-amino-alcohol motifs (C(OH)–C–C–N with tert-alkyl or cyclic N) is 1. The van der Waals surface area contributed by atoms with Crippen LogP contribution in [0.2, 0.25) is 0 Å². The number of hydrogen-bond acceptors (Lipinski definition) is 7. The van der Waals surface area contributed by atoms with Gasteiger partial charge in [-0.3, -0.25) is 14.6 Å². The third-order valence-electron chi connectivity index (χ3n) is 5.07. The molecule has 0 radical (unpaired) electrons. The van der Waals surface area contributed by atoms with Crippen molar-refractivity contribution < 1.29 is 23.4 Å². The van der Waals surface area contributed by atoms with E-state index in [0.29, 0.717) is 25.6 Å². The van der Waals surface area contributed by atoms with Gasteiger partial charge in [0.05, 0.1) is 25.4 Å². The first-order valence-corrected chi connectivity index (χ1v) is 10.6. The first-order valence-electron chi connectivity index (χ1n) is 10.6. The van der Waals surface area contributed by atoms with Crippen LogP contribution in [0, 0.1) is 5.82 Å². The second kappa shape index (κ2) is 11.3. The summed E-state index contributed by atoms with van der Waals surface area (Å²) >= 11 is 0. The molecule has 1 aliphatic heterocycles. The second-order valence-corrected chi connectivity index (χ2v) is 8.05. The van der Waals surface area contributed by atoms with Crippen LogP contribution in [-0.4, -0.2) is 77.3 Å². The Balaban J connectivity index is 1.39. The van der Waals surface area contributed by atoms with Crippen LogP contribution >= 0.6 is 0 Å². The van der Waals surface area contributed by atoms with Crippen molar-refractivity contribution in [1.82, 2.24) is 20.1 Å². The molecule has 0 spiro atoms. The molecule has 31 heavy (non-hydrogen) atoms. The van der Waals surface area contributed by atoms with E-state index in [1.807, 2.05) is 13.8 Å². The summed E-state index contributed by atoms with van der Waals surface area (Å²) in [6, 6.07) is 5.96. The molecule has 2 N–H and O–H groups in total. The number of aromatic nitrogens is 1. The molecule has 1 saturated heterocycles. The lowest BCUT2D eigenvalue weighted by Crippen LogP contribution is -2.48.